The van der Waals surface area contributed by atoms with Crippen LogP contribution in [0.25, 0.3) is 0 Å². The Morgan fingerprint density at radius 3 is 2.83 bits per heavy atom. The minimum absolute atomic E-state index is 0.0798. The minimum atomic E-state index is -0.920. The number of benzene rings is 1. The van der Waals surface area contributed by atoms with E-state index in [9.17, 15) is 9.50 Å². The van der Waals surface area contributed by atoms with Gasteiger partial charge in [0.2, 0.25) is 0 Å². The smallest absolute Gasteiger partial charge is 0.148 e. The fourth-order valence-corrected chi connectivity index (χ4v) is 1.42. The topological polar surface area (TPSA) is 73.8 Å². The van der Waals surface area contributed by atoms with Crippen molar-refractivity contribution in [3.63, 3.8) is 0 Å². The zero-order chi connectivity index (χ0) is 13.4. The van der Waals surface area contributed by atoms with Gasteiger partial charge in [0.05, 0.1) is 30.7 Å². The highest BCUT2D eigenvalue weighted by Gasteiger charge is 2.09. The van der Waals surface area contributed by atoms with Crippen LogP contribution in [0.5, 0.6) is 0 Å². The molecule has 102 valence electrons. The first-order valence-corrected chi connectivity index (χ1v) is 5.73. The van der Waals surface area contributed by atoms with Crippen LogP contribution in [0.4, 0.5) is 15.8 Å². The Balaban J connectivity index is 2.67. The second-order valence-corrected chi connectivity index (χ2v) is 3.80. The van der Waals surface area contributed by atoms with Gasteiger partial charge in [0.1, 0.15) is 5.82 Å². The number of hydrogen-bond donors (Lipinski definition) is 4. The molecule has 0 aliphatic rings. The number of anilines is 2. The van der Waals surface area contributed by atoms with E-state index < -0.39 is 11.9 Å². The van der Waals surface area contributed by atoms with Crippen LogP contribution in [-0.4, -0.2) is 49.7 Å². The first-order chi connectivity index (χ1) is 8.69. The molecule has 0 fully saturated rings. The van der Waals surface area contributed by atoms with Crippen molar-refractivity contribution in [2.75, 3.05) is 44.0 Å². The highest BCUT2D eigenvalue weighted by atomic mass is 19.1. The lowest BCUT2D eigenvalue weighted by Gasteiger charge is -2.16. The van der Waals surface area contributed by atoms with E-state index >= 15 is 0 Å². The predicted molar refractivity (Wildman–Crippen MR) is 68.3 cm³/mol. The molecule has 0 saturated heterocycles. The summed E-state index contributed by atoms with van der Waals surface area (Å²) in [6.45, 7) is 0.774. The average Bonchev–Trinajstić information content (AvgIpc) is 2.38. The van der Waals surface area contributed by atoms with Crippen molar-refractivity contribution in [1.29, 1.82) is 0 Å². The maximum Gasteiger partial charge on any atom is 0.148 e. The van der Waals surface area contributed by atoms with Gasteiger partial charge in [-0.3, -0.25) is 0 Å². The van der Waals surface area contributed by atoms with Crippen LogP contribution in [0.3, 0.4) is 0 Å². The summed E-state index contributed by atoms with van der Waals surface area (Å²) < 4.78 is 18.5. The van der Waals surface area contributed by atoms with Gasteiger partial charge in [-0.25, -0.2) is 4.39 Å². The molecule has 0 aliphatic carbocycles. The fraction of sp³-hybridized carbons (Fsp3) is 0.500. The number of halogens is 1. The third kappa shape index (κ3) is 4.48. The van der Waals surface area contributed by atoms with Gasteiger partial charge >= 0.3 is 0 Å². The maximum atomic E-state index is 13.6. The van der Waals surface area contributed by atoms with Crippen LogP contribution >= 0.6 is 0 Å². The lowest BCUT2D eigenvalue weighted by Crippen LogP contribution is -2.24. The standard InChI is InChI=1S/C12H19FN2O3/c1-18-6-5-14-11-4-2-3-10(13)12(11)15-7-9(17)8-16/h2-4,9,14-17H,5-8H2,1H3. The summed E-state index contributed by atoms with van der Waals surface area (Å²) in [6, 6.07) is 4.65. The first kappa shape index (κ1) is 14.7. The van der Waals surface area contributed by atoms with Crippen molar-refractivity contribution in [3.8, 4) is 0 Å². The molecular formula is C12H19FN2O3. The fourth-order valence-electron chi connectivity index (χ4n) is 1.42. The maximum absolute atomic E-state index is 13.6. The molecule has 1 aromatic carbocycles. The summed E-state index contributed by atoms with van der Waals surface area (Å²) in [7, 11) is 1.59. The number of aliphatic hydroxyl groups is 2. The minimum Gasteiger partial charge on any atom is -0.394 e. The number of hydrogen-bond acceptors (Lipinski definition) is 5. The van der Waals surface area contributed by atoms with E-state index in [0.29, 0.717) is 18.8 Å². The molecule has 0 bridgehead atoms. The van der Waals surface area contributed by atoms with Gasteiger partial charge in [0.15, 0.2) is 0 Å². The Morgan fingerprint density at radius 1 is 1.39 bits per heavy atom. The molecule has 0 aromatic heterocycles. The molecule has 0 spiro atoms. The normalized spacial score (nSPS) is 12.2. The SMILES string of the molecule is COCCNc1cccc(F)c1NCC(O)CO. The molecule has 0 saturated carbocycles. The summed E-state index contributed by atoms with van der Waals surface area (Å²) in [5.74, 6) is -0.414. The van der Waals surface area contributed by atoms with Gasteiger partial charge in [0.25, 0.3) is 0 Å². The Labute approximate surface area is 106 Å². The lowest BCUT2D eigenvalue weighted by atomic mass is 10.2. The van der Waals surface area contributed by atoms with E-state index in [2.05, 4.69) is 10.6 Å². The van der Waals surface area contributed by atoms with Gasteiger partial charge < -0.3 is 25.6 Å². The van der Waals surface area contributed by atoms with Crippen LogP contribution in [-0.2, 0) is 4.74 Å². The zero-order valence-corrected chi connectivity index (χ0v) is 10.3. The van der Waals surface area contributed by atoms with Crippen LogP contribution < -0.4 is 10.6 Å². The van der Waals surface area contributed by atoms with E-state index in [0.717, 1.165) is 0 Å². The molecule has 4 N–H and O–H groups in total. The number of methoxy groups -OCH3 is 1. The van der Waals surface area contributed by atoms with Crippen LogP contribution in [0.15, 0.2) is 18.2 Å². The van der Waals surface area contributed by atoms with E-state index in [-0.39, 0.29) is 18.8 Å². The van der Waals surface area contributed by atoms with Crippen molar-refractivity contribution >= 4 is 11.4 Å². The average molecular weight is 258 g/mol. The summed E-state index contributed by atoms with van der Waals surface area (Å²) in [5, 5.41) is 23.7. The second-order valence-electron chi connectivity index (χ2n) is 3.80. The Hall–Kier alpha value is -1.37. The van der Waals surface area contributed by atoms with Crippen molar-refractivity contribution in [3.05, 3.63) is 24.0 Å². The molecule has 6 heteroatoms. The summed E-state index contributed by atoms with van der Waals surface area (Å²) in [5.41, 5.74) is 0.873. The molecule has 0 aliphatic heterocycles. The number of rotatable bonds is 8. The third-order valence-electron chi connectivity index (χ3n) is 2.36. The molecule has 5 nitrogen and oxygen atoms in total. The number of nitrogens with one attached hydrogen (secondary N) is 2. The Kier molecular flexibility index (Phi) is 6.42. The van der Waals surface area contributed by atoms with E-state index in [1.165, 1.54) is 6.07 Å². The predicted octanol–water partition coefficient (Wildman–Crippen LogP) is 0.649. The van der Waals surface area contributed by atoms with Crippen LogP contribution in [0.2, 0.25) is 0 Å². The monoisotopic (exact) mass is 258 g/mol. The van der Waals surface area contributed by atoms with Gasteiger partial charge in [-0.05, 0) is 12.1 Å². The molecule has 0 heterocycles. The quantitative estimate of drug-likeness (QED) is 0.515. The first-order valence-electron chi connectivity index (χ1n) is 5.73. The molecule has 1 aromatic rings. The molecule has 1 unspecified atom stereocenters. The van der Waals surface area contributed by atoms with Crippen LogP contribution in [0, 0.1) is 5.82 Å². The molecule has 1 rings (SSSR count). The summed E-state index contributed by atoms with van der Waals surface area (Å²) >= 11 is 0. The second kappa shape index (κ2) is 7.86. The van der Waals surface area contributed by atoms with Crippen LogP contribution in [0.1, 0.15) is 0 Å². The summed E-state index contributed by atoms with van der Waals surface area (Å²) in [6.07, 6.45) is -0.920. The highest BCUT2D eigenvalue weighted by Crippen LogP contribution is 2.24. The lowest BCUT2D eigenvalue weighted by molar-refractivity contribution is 0.105. The van der Waals surface area contributed by atoms with Gasteiger partial charge in [0, 0.05) is 20.2 Å². The zero-order valence-electron chi connectivity index (χ0n) is 10.3. The summed E-state index contributed by atoms with van der Waals surface area (Å²) in [4.78, 5) is 0. The number of ether oxygens (including phenoxy) is 1. The van der Waals surface area contributed by atoms with E-state index in [1.54, 1.807) is 19.2 Å². The van der Waals surface area contributed by atoms with Crippen molar-refractivity contribution in [2.45, 2.75) is 6.10 Å². The Morgan fingerprint density at radius 2 is 2.17 bits per heavy atom. The molecule has 18 heavy (non-hydrogen) atoms. The third-order valence-corrected chi connectivity index (χ3v) is 2.36. The molecule has 0 amide bonds. The number of para-hydroxylation sites is 1. The van der Waals surface area contributed by atoms with Crippen molar-refractivity contribution in [2.24, 2.45) is 0 Å². The van der Waals surface area contributed by atoms with Gasteiger partial charge in [-0.2, -0.15) is 0 Å². The molecule has 0 radical (unpaired) electrons. The molecular weight excluding hydrogens is 239 g/mol. The van der Waals surface area contributed by atoms with Crippen molar-refractivity contribution < 1.29 is 19.3 Å². The Bertz CT molecular complexity index is 363. The highest BCUT2D eigenvalue weighted by molar-refractivity contribution is 5.69. The van der Waals surface area contributed by atoms with Gasteiger partial charge in [-0.15, -0.1) is 0 Å². The van der Waals surface area contributed by atoms with Gasteiger partial charge in [-0.1, -0.05) is 6.07 Å². The van der Waals surface area contributed by atoms with E-state index in [4.69, 9.17) is 9.84 Å². The number of aliphatic hydroxyl groups excluding tert-OH is 2. The van der Waals surface area contributed by atoms with Crippen molar-refractivity contribution in [1.82, 2.24) is 0 Å². The largest absolute Gasteiger partial charge is 0.394 e. The van der Waals surface area contributed by atoms with E-state index in [1.807, 2.05) is 0 Å². The molecule has 1 atom stereocenters.